The molecule has 4 rings (SSSR count). The summed E-state index contributed by atoms with van der Waals surface area (Å²) < 4.78 is 31.2. The number of benzene rings is 2. The van der Waals surface area contributed by atoms with Crippen molar-refractivity contribution in [2.75, 3.05) is 39.6 Å². The summed E-state index contributed by atoms with van der Waals surface area (Å²) in [5.41, 5.74) is 7.11. The van der Waals surface area contributed by atoms with Gasteiger partial charge in [-0.1, -0.05) is 31.3 Å². The number of anilines is 1. The average molecular weight is 564 g/mol. The zero-order chi connectivity index (χ0) is 28.7. The van der Waals surface area contributed by atoms with E-state index in [-0.39, 0.29) is 24.3 Å². The summed E-state index contributed by atoms with van der Waals surface area (Å²) in [5.74, 6) is -1.19. The van der Waals surface area contributed by atoms with Crippen molar-refractivity contribution in [3.05, 3.63) is 82.1 Å². The molecule has 9 heteroatoms. The lowest BCUT2D eigenvalue weighted by Gasteiger charge is -2.38. The molecule has 39 heavy (non-hydrogen) atoms. The number of fused-ring (bicyclic) bond motifs is 2. The molecular formula is C30H37N3O4SSi. The van der Waals surface area contributed by atoms with Crippen LogP contribution < -0.4 is 19.9 Å². The fourth-order valence-corrected chi connectivity index (χ4v) is 9.78. The number of nitrogens with zero attached hydrogens (tertiary/aromatic N) is 2. The number of rotatable bonds is 8. The zero-order valence-electron chi connectivity index (χ0n) is 23.8. The van der Waals surface area contributed by atoms with E-state index in [0.717, 1.165) is 33.7 Å². The molecule has 0 aromatic heterocycles. The van der Waals surface area contributed by atoms with Crippen LogP contribution in [0.15, 0.2) is 70.3 Å². The van der Waals surface area contributed by atoms with Crippen LogP contribution in [0.5, 0.6) is 0 Å². The summed E-state index contributed by atoms with van der Waals surface area (Å²) in [7, 11) is 2.21. The van der Waals surface area contributed by atoms with Crippen molar-refractivity contribution < 1.29 is 22.9 Å². The van der Waals surface area contributed by atoms with Gasteiger partial charge in [0.05, 0.1) is 4.90 Å². The van der Waals surface area contributed by atoms with E-state index in [9.17, 15) is 18.3 Å². The van der Waals surface area contributed by atoms with Gasteiger partial charge in [0.25, 0.3) is 0 Å². The number of nitrogens with one attached hydrogen (secondary N) is 1. The minimum absolute atomic E-state index is 0.0304. The standard InChI is InChI=1S/C30H37N3O4SSi/c1-20-23(10-8-11-26(20)38(36,37)31-17-9-12-29(34)35)30-24-15-13-21(32(2)3)18-27(24)39(6,7)28-19-22(33(4)5)14-16-25(28)30/h8,10-11,13-16,18-19,31H,9,12,17H2,1-7H3. The second-order valence-electron chi connectivity index (χ2n) is 11.1. The Labute approximate surface area is 232 Å². The van der Waals surface area contributed by atoms with Gasteiger partial charge in [0.2, 0.25) is 10.0 Å². The van der Waals surface area contributed by atoms with Crippen LogP contribution in [0, 0.1) is 6.92 Å². The molecule has 2 aromatic carbocycles. The third kappa shape index (κ3) is 5.43. The smallest absolute Gasteiger partial charge is 0.240 e. The molecule has 2 aromatic rings. The Morgan fingerprint density at radius 1 is 1.08 bits per heavy atom. The Morgan fingerprint density at radius 2 is 1.79 bits per heavy atom. The normalized spacial score (nSPS) is 16.0. The predicted molar refractivity (Wildman–Crippen MR) is 159 cm³/mol. The first-order valence-electron chi connectivity index (χ1n) is 13.1. The number of carbonyl (C=O) groups is 1. The maximum atomic E-state index is 13.3. The minimum atomic E-state index is -3.84. The van der Waals surface area contributed by atoms with Gasteiger partial charge in [-0.2, -0.15) is 0 Å². The molecule has 206 valence electrons. The number of allylic oxidation sites excluding steroid dienone is 5. The number of carboxylic acid groups (broad SMARTS) is 1. The van der Waals surface area contributed by atoms with Crippen LogP contribution in [0.3, 0.4) is 0 Å². The molecular weight excluding hydrogens is 527 g/mol. The summed E-state index contributed by atoms with van der Waals surface area (Å²) in [5, 5.41) is 13.4. The van der Waals surface area contributed by atoms with Crippen molar-refractivity contribution in [1.82, 2.24) is 4.72 Å². The van der Waals surface area contributed by atoms with Crippen LogP contribution in [0.1, 0.15) is 29.5 Å². The van der Waals surface area contributed by atoms with Gasteiger partial charge in [0.15, 0.2) is 5.71 Å². The van der Waals surface area contributed by atoms with Crippen molar-refractivity contribution in [2.45, 2.75) is 37.8 Å². The molecule has 0 amide bonds. The number of sulfonamides is 1. The molecule has 0 spiro atoms. The van der Waals surface area contributed by atoms with Gasteiger partial charge in [-0.05, 0) is 82.3 Å². The first kappa shape index (κ1) is 28.7. The Hall–Kier alpha value is -3.27. The van der Waals surface area contributed by atoms with Crippen LogP contribution in [0.25, 0.3) is 5.57 Å². The van der Waals surface area contributed by atoms with E-state index in [1.807, 2.05) is 41.2 Å². The average Bonchev–Trinajstić information content (AvgIpc) is 2.87. The lowest BCUT2D eigenvalue weighted by molar-refractivity contribution is -0.462. The maximum Gasteiger partial charge on any atom is 0.240 e. The van der Waals surface area contributed by atoms with E-state index < -0.39 is 24.1 Å². The Kier molecular flexibility index (Phi) is 7.89. The molecule has 0 atom stereocenters. The highest BCUT2D eigenvalue weighted by Gasteiger charge is 2.40. The number of hydrogen-bond donors (Lipinski definition) is 1. The molecule has 0 saturated carbocycles. The van der Waals surface area contributed by atoms with Gasteiger partial charge in [-0.25, -0.2) is 17.7 Å². The van der Waals surface area contributed by atoms with Gasteiger partial charge in [0, 0.05) is 44.4 Å². The maximum absolute atomic E-state index is 13.3. The van der Waals surface area contributed by atoms with E-state index in [4.69, 9.17) is 0 Å². The first-order valence-corrected chi connectivity index (χ1v) is 17.5. The summed E-state index contributed by atoms with van der Waals surface area (Å²) in [6.07, 6.45) is 6.56. The number of hydrogen-bond acceptors (Lipinski definition) is 5. The van der Waals surface area contributed by atoms with Crippen molar-refractivity contribution in [3.63, 3.8) is 0 Å². The molecule has 0 bridgehead atoms. The van der Waals surface area contributed by atoms with Gasteiger partial charge < -0.3 is 14.8 Å². The number of aliphatic carboxylic acids is 1. The van der Waals surface area contributed by atoms with Gasteiger partial charge in [0.1, 0.15) is 22.2 Å². The van der Waals surface area contributed by atoms with Crippen molar-refractivity contribution in [1.29, 1.82) is 0 Å². The first-order chi connectivity index (χ1) is 18.3. The molecule has 0 saturated heterocycles. The van der Waals surface area contributed by atoms with Crippen LogP contribution in [0.2, 0.25) is 13.1 Å². The summed E-state index contributed by atoms with van der Waals surface area (Å²) in [4.78, 5) is 13.0. The molecule has 0 fully saturated rings. The lowest BCUT2D eigenvalue weighted by atomic mass is 9.87. The highest BCUT2D eigenvalue weighted by molar-refractivity contribution is 7.89. The van der Waals surface area contributed by atoms with E-state index in [1.54, 1.807) is 12.1 Å². The van der Waals surface area contributed by atoms with Crippen LogP contribution in [-0.2, 0) is 14.8 Å². The molecule has 1 heterocycles. The van der Waals surface area contributed by atoms with E-state index >= 15 is 0 Å². The van der Waals surface area contributed by atoms with Gasteiger partial charge in [-0.3, -0.25) is 0 Å². The second-order valence-corrected chi connectivity index (χ2v) is 17.1. The molecule has 1 aliphatic carbocycles. The highest BCUT2D eigenvalue weighted by atomic mass is 32.2. The molecule has 7 nitrogen and oxygen atoms in total. The summed E-state index contributed by atoms with van der Waals surface area (Å²) >= 11 is 0. The van der Waals surface area contributed by atoms with Crippen molar-refractivity contribution in [3.8, 4) is 0 Å². The molecule has 2 aliphatic rings. The topological polar surface area (TPSA) is 92.6 Å². The Balaban J connectivity index is 1.94. The number of carbonyl (C=O) groups excluding carboxylic acids is 1. The lowest BCUT2D eigenvalue weighted by Crippen LogP contribution is -2.49. The summed E-state index contributed by atoms with van der Waals surface area (Å²) in [6.45, 7) is 6.63. The molecule has 0 unspecified atom stereocenters. The zero-order valence-corrected chi connectivity index (χ0v) is 25.6. The van der Waals surface area contributed by atoms with Crippen LogP contribution >= 0.6 is 0 Å². The highest BCUT2D eigenvalue weighted by Crippen LogP contribution is 2.43. The SMILES string of the molecule is Cc1c(C2=C3C=CC(=[N+](C)C)C=C3[Si](C)(C)c3cc(N(C)C)ccc32)cccc1S(=O)(=O)NCCCC(=O)[O-]. The minimum Gasteiger partial charge on any atom is -0.550 e. The quantitative estimate of drug-likeness (QED) is 0.303. The predicted octanol–water partition coefficient (Wildman–Crippen LogP) is 2.35. The summed E-state index contributed by atoms with van der Waals surface area (Å²) in [6, 6.07) is 12.0. The Morgan fingerprint density at radius 3 is 2.44 bits per heavy atom. The largest absolute Gasteiger partial charge is 0.550 e. The molecule has 0 radical (unpaired) electrons. The van der Waals surface area contributed by atoms with E-state index in [0.29, 0.717) is 5.56 Å². The van der Waals surface area contributed by atoms with Gasteiger partial charge in [-0.15, -0.1) is 0 Å². The fraction of sp³-hybridized carbons (Fsp3) is 0.333. The van der Waals surface area contributed by atoms with E-state index in [1.165, 1.54) is 10.4 Å². The van der Waals surface area contributed by atoms with Crippen molar-refractivity contribution in [2.24, 2.45) is 0 Å². The second kappa shape index (κ2) is 10.7. The van der Waals surface area contributed by atoms with E-state index in [2.05, 4.69) is 63.7 Å². The fourth-order valence-electron chi connectivity index (χ4n) is 5.36. The molecule has 1 N–H and O–H groups in total. The van der Waals surface area contributed by atoms with Crippen molar-refractivity contribution >= 4 is 46.2 Å². The Bertz CT molecular complexity index is 1580. The monoisotopic (exact) mass is 563 g/mol. The van der Waals surface area contributed by atoms with Crippen LogP contribution in [0.4, 0.5) is 5.69 Å². The van der Waals surface area contributed by atoms with Crippen LogP contribution in [-0.4, -0.2) is 67.5 Å². The number of carboxylic acids is 1. The third-order valence-electron chi connectivity index (χ3n) is 7.62. The molecule has 1 aliphatic heterocycles. The van der Waals surface area contributed by atoms with Gasteiger partial charge >= 0.3 is 0 Å². The third-order valence-corrected chi connectivity index (χ3v) is 12.7.